The number of phenols is 1. The minimum atomic E-state index is -0.195. The van der Waals surface area contributed by atoms with Crippen LogP contribution in [0.25, 0.3) is 33.4 Å². The van der Waals surface area contributed by atoms with Crippen LogP contribution in [0.3, 0.4) is 0 Å². The summed E-state index contributed by atoms with van der Waals surface area (Å²) in [5.74, 6) is 0.270. The van der Waals surface area contributed by atoms with Crippen LogP contribution in [-0.2, 0) is 0 Å². The van der Waals surface area contributed by atoms with Crippen molar-refractivity contribution < 1.29 is 14.3 Å². The summed E-state index contributed by atoms with van der Waals surface area (Å²) in [5, 5.41) is 12.9. The Balaban J connectivity index is 2.17. The maximum absolute atomic E-state index is 12.4. The topological polar surface area (TPSA) is 79.9 Å². The highest BCUT2D eigenvalue weighted by Crippen LogP contribution is 2.42. The van der Waals surface area contributed by atoms with Gasteiger partial charge in [0, 0.05) is 34.2 Å². The van der Waals surface area contributed by atoms with Crippen molar-refractivity contribution in [3.63, 3.8) is 0 Å². The Morgan fingerprint density at radius 1 is 1.07 bits per heavy atom. The van der Waals surface area contributed by atoms with Gasteiger partial charge in [0.15, 0.2) is 11.2 Å². The third-order valence-electron chi connectivity index (χ3n) is 4.50. The molecule has 0 bridgehead atoms. The molecule has 0 aromatic heterocycles. The molecule has 2 aromatic carbocycles. The maximum Gasteiger partial charge on any atom is 0.182 e. The van der Waals surface area contributed by atoms with E-state index in [1.54, 1.807) is 36.4 Å². The van der Waals surface area contributed by atoms with E-state index in [9.17, 15) is 14.7 Å². The molecule has 1 aliphatic carbocycles. The van der Waals surface area contributed by atoms with Crippen molar-refractivity contribution in [2.75, 3.05) is 0 Å². The number of ketones is 1. The van der Waals surface area contributed by atoms with Gasteiger partial charge in [0.25, 0.3) is 0 Å². The third kappa shape index (κ3) is 3.01. The van der Waals surface area contributed by atoms with Gasteiger partial charge in [-0.15, -0.1) is 0 Å². The van der Waals surface area contributed by atoms with Gasteiger partial charge in [-0.25, -0.2) is 0 Å². The highest BCUT2D eigenvalue weighted by atomic mass is 32.1. The molecular weight excluding hydrogens is 374 g/mol. The van der Waals surface area contributed by atoms with Crippen LogP contribution < -0.4 is 5.43 Å². The first-order chi connectivity index (χ1) is 13.5. The van der Waals surface area contributed by atoms with E-state index in [-0.39, 0.29) is 17.0 Å². The Labute approximate surface area is 164 Å². The number of hydrogen-bond donors (Lipinski definition) is 1. The molecule has 136 valence electrons. The van der Waals surface area contributed by atoms with E-state index >= 15 is 0 Å². The smallest absolute Gasteiger partial charge is 0.182 e. The van der Waals surface area contributed by atoms with E-state index in [2.05, 4.69) is 22.4 Å². The predicted octanol–water partition coefficient (Wildman–Crippen LogP) is 5.21. The zero-order valence-corrected chi connectivity index (χ0v) is 15.5. The largest absolute Gasteiger partial charge is 0.508 e. The minimum absolute atomic E-state index is 0.0392. The first-order valence-corrected chi connectivity index (χ1v) is 8.81. The predicted molar refractivity (Wildman–Crippen MR) is 111 cm³/mol. The number of carbonyl (C=O) groups excluding carboxylic acids is 1. The number of Topliss-reactive ketones (excluding diaryl/α,β-unsaturated/α-hetero) is 1. The third-order valence-corrected chi connectivity index (χ3v) is 4.59. The van der Waals surface area contributed by atoms with Crippen LogP contribution in [0.5, 0.6) is 5.75 Å². The molecule has 5 nitrogen and oxygen atoms in total. The Morgan fingerprint density at radius 3 is 2.61 bits per heavy atom. The Hall–Kier alpha value is -3.60. The molecule has 0 unspecified atom stereocenters. The molecule has 28 heavy (non-hydrogen) atoms. The second-order valence-corrected chi connectivity index (χ2v) is 6.49. The van der Waals surface area contributed by atoms with Crippen molar-refractivity contribution in [3.05, 3.63) is 70.4 Å². The molecule has 0 atom stereocenters. The van der Waals surface area contributed by atoms with Crippen molar-refractivity contribution in [2.45, 2.75) is 6.92 Å². The fraction of sp³-hybridized carbons (Fsp3) is 0.0455. The molecule has 0 amide bonds. The molecule has 4 rings (SSSR count). The van der Waals surface area contributed by atoms with Gasteiger partial charge < -0.3 is 9.52 Å². The highest BCUT2D eigenvalue weighted by Gasteiger charge is 2.21. The maximum atomic E-state index is 12.4. The van der Waals surface area contributed by atoms with Gasteiger partial charge in [-0.1, -0.05) is 6.07 Å². The Bertz CT molecular complexity index is 1330. The van der Waals surface area contributed by atoms with Gasteiger partial charge in [0.05, 0.1) is 10.8 Å². The summed E-state index contributed by atoms with van der Waals surface area (Å²) in [6, 6.07) is 14.4. The molecule has 2 aromatic rings. The summed E-state index contributed by atoms with van der Waals surface area (Å²) in [5.41, 5.74) is 3.29. The molecule has 0 saturated heterocycles. The van der Waals surface area contributed by atoms with Crippen LogP contribution in [0, 0.1) is 0 Å². The molecule has 6 heteroatoms. The normalized spacial score (nSPS) is 10.8. The van der Waals surface area contributed by atoms with E-state index in [1.807, 2.05) is 0 Å². The first-order valence-electron chi connectivity index (χ1n) is 8.41. The first kappa shape index (κ1) is 17.8. The fourth-order valence-corrected chi connectivity index (χ4v) is 3.42. The molecule has 1 heterocycles. The number of aliphatic imine (C=N–C) groups is 1. The second kappa shape index (κ2) is 6.85. The molecule has 1 N–H and O–H groups in total. The number of fused-ring (bicyclic) bond motifs is 2. The number of hydrogen-bond acceptors (Lipinski definition) is 6. The van der Waals surface area contributed by atoms with Crippen molar-refractivity contribution in [3.8, 4) is 28.2 Å². The SMILES string of the molecule is CC(=O)c1cc(N=C=S)ccc1-c1c2ccc(=O)cc-2oc2cc(O)ccc12. The summed E-state index contributed by atoms with van der Waals surface area (Å²) < 4.78 is 5.85. The molecule has 0 fully saturated rings. The summed E-state index contributed by atoms with van der Waals surface area (Å²) in [6.07, 6.45) is 0. The van der Waals surface area contributed by atoms with Crippen LogP contribution in [0.1, 0.15) is 17.3 Å². The lowest BCUT2D eigenvalue weighted by Crippen LogP contribution is -2.02. The van der Waals surface area contributed by atoms with Crippen molar-refractivity contribution in [1.29, 1.82) is 0 Å². The van der Waals surface area contributed by atoms with E-state index in [4.69, 9.17) is 4.42 Å². The summed E-state index contributed by atoms with van der Waals surface area (Å²) in [6.45, 7) is 1.48. The van der Waals surface area contributed by atoms with Crippen molar-refractivity contribution in [2.24, 2.45) is 4.99 Å². The zero-order valence-electron chi connectivity index (χ0n) is 14.7. The van der Waals surface area contributed by atoms with Crippen LogP contribution >= 0.6 is 12.2 Å². The molecule has 0 radical (unpaired) electrons. The lowest BCUT2D eigenvalue weighted by molar-refractivity contribution is 0.101. The molecule has 0 spiro atoms. The summed E-state index contributed by atoms with van der Waals surface area (Å²) in [7, 11) is 0. The second-order valence-electron chi connectivity index (χ2n) is 6.30. The summed E-state index contributed by atoms with van der Waals surface area (Å²) >= 11 is 4.65. The molecule has 2 aliphatic rings. The quantitative estimate of drug-likeness (QED) is 0.226. The number of benzene rings is 3. The average Bonchev–Trinajstić information content (AvgIpc) is 2.66. The van der Waals surface area contributed by atoms with E-state index in [0.29, 0.717) is 39.1 Å². The van der Waals surface area contributed by atoms with Crippen LogP contribution in [0.15, 0.2) is 68.8 Å². The van der Waals surface area contributed by atoms with Gasteiger partial charge >= 0.3 is 0 Å². The number of nitrogens with zero attached hydrogens (tertiary/aromatic N) is 1. The number of phenolic OH excluding ortho intramolecular Hbond substituents is 1. The van der Waals surface area contributed by atoms with Crippen molar-refractivity contribution >= 4 is 39.8 Å². The van der Waals surface area contributed by atoms with E-state index in [1.165, 1.54) is 25.1 Å². The van der Waals surface area contributed by atoms with Gasteiger partial charge in [-0.05, 0) is 61.1 Å². The fourth-order valence-electron chi connectivity index (χ4n) is 3.31. The number of aromatic hydroxyl groups is 1. The molecule has 1 aliphatic heterocycles. The molecular formula is C22H13NO4S. The average molecular weight is 387 g/mol. The van der Waals surface area contributed by atoms with Gasteiger partial charge in [-0.3, -0.25) is 9.59 Å². The van der Waals surface area contributed by atoms with Crippen LogP contribution in [-0.4, -0.2) is 16.1 Å². The van der Waals surface area contributed by atoms with Gasteiger partial charge in [0.2, 0.25) is 0 Å². The number of rotatable bonds is 3. The van der Waals surface area contributed by atoms with Crippen molar-refractivity contribution in [1.82, 2.24) is 0 Å². The standard InChI is InChI=1S/C22H13NO4S/c1-12(24)19-8-13(23-11-28)2-5-16(19)22-17-6-3-14(25)9-20(17)27-21-10-15(26)4-7-18(21)22/h2-10,25H,1H3. The monoisotopic (exact) mass is 387 g/mol. The van der Waals surface area contributed by atoms with Gasteiger partial charge in [0.1, 0.15) is 17.1 Å². The molecule has 0 saturated carbocycles. The number of carbonyl (C=O) groups is 1. The lowest BCUT2D eigenvalue weighted by Gasteiger charge is -2.17. The van der Waals surface area contributed by atoms with E-state index in [0.717, 1.165) is 5.56 Å². The highest BCUT2D eigenvalue weighted by molar-refractivity contribution is 7.78. The number of thiocarbonyl (C=S) groups is 1. The minimum Gasteiger partial charge on any atom is -0.508 e. The number of isothiocyanates is 1. The van der Waals surface area contributed by atoms with Gasteiger partial charge in [-0.2, -0.15) is 4.99 Å². The van der Waals surface area contributed by atoms with Crippen LogP contribution in [0.4, 0.5) is 5.69 Å². The zero-order chi connectivity index (χ0) is 19.8. The Morgan fingerprint density at radius 2 is 1.86 bits per heavy atom. The van der Waals surface area contributed by atoms with E-state index < -0.39 is 0 Å². The summed E-state index contributed by atoms with van der Waals surface area (Å²) in [4.78, 5) is 28.2. The Kier molecular flexibility index (Phi) is 4.35. The van der Waals surface area contributed by atoms with Crippen LogP contribution in [0.2, 0.25) is 0 Å². The lowest BCUT2D eigenvalue weighted by atomic mass is 9.89.